The van der Waals surface area contributed by atoms with Gasteiger partial charge in [0, 0.05) is 20.1 Å². The number of fused-ring (bicyclic) bond motifs is 1. The zero-order valence-electron chi connectivity index (χ0n) is 13.8. The molecule has 3 rings (SSSR count). The summed E-state index contributed by atoms with van der Waals surface area (Å²) in [6.07, 6.45) is 0. The van der Waals surface area contributed by atoms with Crippen LogP contribution in [0.5, 0.6) is 17.2 Å². The van der Waals surface area contributed by atoms with Crippen molar-refractivity contribution in [1.82, 2.24) is 10.6 Å². The Bertz CT molecular complexity index is 714. The lowest BCUT2D eigenvalue weighted by atomic mass is 10.2. The first-order valence-electron chi connectivity index (χ1n) is 7.74. The van der Waals surface area contributed by atoms with Gasteiger partial charge >= 0.3 is 0 Å². The zero-order chi connectivity index (χ0) is 16.8. The first-order chi connectivity index (χ1) is 11.8. The van der Waals surface area contributed by atoms with Crippen LogP contribution < -0.4 is 24.8 Å². The van der Waals surface area contributed by atoms with Gasteiger partial charge in [0.2, 0.25) is 6.79 Å². The Balaban J connectivity index is 1.51. The van der Waals surface area contributed by atoms with Gasteiger partial charge in [0.25, 0.3) is 0 Å². The fraction of sp³-hybridized carbons (Fsp3) is 0.278. The number of hydrogen-bond acceptors (Lipinski definition) is 4. The van der Waals surface area contributed by atoms with E-state index < -0.39 is 0 Å². The van der Waals surface area contributed by atoms with E-state index in [9.17, 15) is 0 Å². The molecule has 0 saturated carbocycles. The lowest BCUT2D eigenvalue weighted by Gasteiger charge is -2.12. The van der Waals surface area contributed by atoms with Gasteiger partial charge in [-0.2, -0.15) is 0 Å². The maximum absolute atomic E-state index is 5.39. The predicted molar refractivity (Wildman–Crippen MR) is 92.6 cm³/mol. The predicted octanol–water partition coefficient (Wildman–Crippen LogP) is 2.29. The van der Waals surface area contributed by atoms with Gasteiger partial charge in [-0.3, -0.25) is 4.99 Å². The van der Waals surface area contributed by atoms with Crippen LogP contribution >= 0.6 is 0 Å². The summed E-state index contributed by atoms with van der Waals surface area (Å²) in [5, 5.41) is 6.58. The number of methoxy groups -OCH3 is 1. The van der Waals surface area contributed by atoms with E-state index in [4.69, 9.17) is 14.2 Å². The SMILES string of the molecule is CN=C(NCc1ccc(OC)cc1)NCc1ccc2c(c1)OCO2. The van der Waals surface area contributed by atoms with Crippen LogP contribution in [-0.4, -0.2) is 26.9 Å². The number of nitrogens with one attached hydrogen (secondary N) is 2. The van der Waals surface area contributed by atoms with Crippen molar-refractivity contribution in [3.63, 3.8) is 0 Å². The van der Waals surface area contributed by atoms with Crippen molar-refractivity contribution in [2.75, 3.05) is 21.0 Å². The van der Waals surface area contributed by atoms with Crippen molar-refractivity contribution >= 4 is 5.96 Å². The second kappa shape index (κ2) is 7.59. The molecule has 0 spiro atoms. The second-order valence-corrected chi connectivity index (χ2v) is 5.32. The number of aliphatic imine (C=N–C) groups is 1. The molecule has 0 radical (unpaired) electrons. The molecule has 126 valence electrons. The molecule has 24 heavy (non-hydrogen) atoms. The number of guanidine groups is 1. The average molecular weight is 327 g/mol. The number of rotatable bonds is 5. The van der Waals surface area contributed by atoms with E-state index in [1.165, 1.54) is 0 Å². The highest BCUT2D eigenvalue weighted by Crippen LogP contribution is 2.32. The normalized spacial score (nSPS) is 12.8. The summed E-state index contributed by atoms with van der Waals surface area (Å²) < 4.78 is 15.9. The standard InChI is InChI=1S/C18H21N3O3/c1-19-18(20-10-13-3-6-15(22-2)7-4-13)21-11-14-5-8-16-17(9-14)24-12-23-16/h3-9H,10-12H2,1-2H3,(H2,19,20,21). The van der Waals surface area contributed by atoms with Gasteiger partial charge in [-0.05, 0) is 35.4 Å². The molecule has 2 aromatic carbocycles. The first kappa shape index (κ1) is 16.0. The zero-order valence-corrected chi connectivity index (χ0v) is 13.8. The van der Waals surface area contributed by atoms with Crippen molar-refractivity contribution in [3.8, 4) is 17.2 Å². The summed E-state index contributed by atoms with van der Waals surface area (Å²) in [5.41, 5.74) is 2.26. The summed E-state index contributed by atoms with van der Waals surface area (Å²) in [6.45, 7) is 1.63. The van der Waals surface area contributed by atoms with E-state index in [1.54, 1.807) is 14.2 Å². The summed E-state index contributed by atoms with van der Waals surface area (Å²) in [4.78, 5) is 4.24. The minimum atomic E-state index is 0.289. The topological polar surface area (TPSA) is 64.1 Å². The molecule has 1 aliphatic heterocycles. The van der Waals surface area contributed by atoms with E-state index in [1.807, 2.05) is 42.5 Å². The van der Waals surface area contributed by atoms with E-state index in [0.29, 0.717) is 13.1 Å². The molecule has 0 saturated heterocycles. The molecule has 0 amide bonds. The van der Waals surface area contributed by atoms with Gasteiger partial charge in [-0.25, -0.2) is 0 Å². The van der Waals surface area contributed by atoms with Crippen LogP contribution in [0.4, 0.5) is 0 Å². The van der Waals surface area contributed by atoms with E-state index in [-0.39, 0.29) is 6.79 Å². The van der Waals surface area contributed by atoms with Crippen LogP contribution in [0.3, 0.4) is 0 Å². The molecule has 6 nitrogen and oxygen atoms in total. The Morgan fingerprint density at radius 3 is 2.38 bits per heavy atom. The van der Waals surface area contributed by atoms with Gasteiger partial charge in [0.05, 0.1) is 7.11 Å². The molecule has 0 bridgehead atoms. The van der Waals surface area contributed by atoms with E-state index >= 15 is 0 Å². The fourth-order valence-corrected chi connectivity index (χ4v) is 2.39. The molecule has 0 atom stereocenters. The fourth-order valence-electron chi connectivity index (χ4n) is 2.39. The summed E-state index contributed by atoms with van der Waals surface area (Å²) in [7, 11) is 3.41. The van der Waals surface area contributed by atoms with Gasteiger partial charge in [-0.1, -0.05) is 18.2 Å². The van der Waals surface area contributed by atoms with Crippen molar-refractivity contribution in [2.24, 2.45) is 4.99 Å². The van der Waals surface area contributed by atoms with Crippen molar-refractivity contribution in [3.05, 3.63) is 53.6 Å². The largest absolute Gasteiger partial charge is 0.497 e. The Morgan fingerprint density at radius 1 is 1.00 bits per heavy atom. The molecule has 0 fully saturated rings. The van der Waals surface area contributed by atoms with Crippen LogP contribution in [0.25, 0.3) is 0 Å². The molecule has 0 aromatic heterocycles. The minimum Gasteiger partial charge on any atom is -0.497 e. The lowest BCUT2D eigenvalue weighted by molar-refractivity contribution is 0.174. The number of hydrogen-bond donors (Lipinski definition) is 2. The Labute approximate surface area is 141 Å². The molecule has 1 aliphatic rings. The Kier molecular flexibility index (Phi) is 5.05. The molecule has 6 heteroatoms. The van der Waals surface area contributed by atoms with Gasteiger partial charge in [-0.15, -0.1) is 0 Å². The molecule has 2 N–H and O–H groups in total. The van der Waals surface area contributed by atoms with Crippen LogP contribution in [0.1, 0.15) is 11.1 Å². The maximum Gasteiger partial charge on any atom is 0.231 e. The maximum atomic E-state index is 5.39. The molecule has 2 aromatic rings. The van der Waals surface area contributed by atoms with Crippen LogP contribution in [0.15, 0.2) is 47.5 Å². The summed E-state index contributed by atoms with van der Waals surface area (Å²) in [5.74, 6) is 3.17. The highest BCUT2D eigenvalue weighted by atomic mass is 16.7. The third kappa shape index (κ3) is 3.90. The molecule has 1 heterocycles. The van der Waals surface area contributed by atoms with Crippen molar-refractivity contribution in [1.29, 1.82) is 0 Å². The quantitative estimate of drug-likeness (QED) is 0.652. The monoisotopic (exact) mass is 327 g/mol. The Hall–Kier alpha value is -2.89. The van der Waals surface area contributed by atoms with Crippen LogP contribution in [-0.2, 0) is 13.1 Å². The summed E-state index contributed by atoms with van der Waals surface area (Å²) in [6, 6.07) is 13.9. The number of benzene rings is 2. The van der Waals surface area contributed by atoms with Crippen LogP contribution in [0, 0.1) is 0 Å². The molecule has 0 aliphatic carbocycles. The average Bonchev–Trinajstić information content (AvgIpc) is 3.10. The van der Waals surface area contributed by atoms with Gasteiger partial charge in [0.15, 0.2) is 17.5 Å². The van der Waals surface area contributed by atoms with Crippen molar-refractivity contribution in [2.45, 2.75) is 13.1 Å². The smallest absolute Gasteiger partial charge is 0.231 e. The Morgan fingerprint density at radius 2 is 1.67 bits per heavy atom. The molecular formula is C18H21N3O3. The van der Waals surface area contributed by atoms with Crippen molar-refractivity contribution < 1.29 is 14.2 Å². The molecule has 0 unspecified atom stereocenters. The van der Waals surface area contributed by atoms with E-state index in [0.717, 1.165) is 34.3 Å². The third-order valence-corrected chi connectivity index (χ3v) is 3.74. The van der Waals surface area contributed by atoms with Gasteiger partial charge < -0.3 is 24.8 Å². The highest BCUT2D eigenvalue weighted by molar-refractivity contribution is 5.79. The van der Waals surface area contributed by atoms with E-state index in [2.05, 4.69) is 15.6 Å². The number of nitrogens with zero attached hydrogens (tertiary/aromatic N) is 1. The minimum absolute atomic E-state index is 0.289. The second-order valence-electron chi connectivity index (χ2n) is 5.32. The number of ether oxygens (including phenoxy) is 3. The third-order valence-electron chi connectivity index (χ3n) is 3.74. The highest BCUT2D eigenvalue weighted by Gasteiger charge is 2.13. The van der Waals surface area contributed by atoms with Crippen LogP contribution in [0.2, 0.25) is 0 Å². The first-order valence-corrected chi connectivity index (χ1v) is 7.74. The molecular weight excluding hydrogens is 306 g/mol. The lowest BCUT2D eigenvalue weighted by Crippen LogP contribution is -2.36. The van der Waals surface area contributed by atoms with Gasteiger partial charge in [0.1, 0.15) is 5.75 Å². The summed E-state index contributed by atoms with van der Waals surface area (Å²) >= 11 is 0.